The van der Waals surface area contributed by atoms with Gasteiger partial charge in [0, 0.05) is 19.5 Å². The highest BCUT2D eigenvalue weighted by Gasteiger charge is 2.35. The molecule has 6 nitrogen and oxygen atoms in total. The number of hydrogen-bond acceptors (Lipinski definition) is 4. The molecule has 2 aliphatic rings. The van der Waals surface area contributed by atoms with Crippen LogP contribution in [0.15, 0.2) is 42.5 Å². The van der Waals surface area contributed by atoms with Gasteiger partial charge < -0.3 is 19.7 Å². The van der Waals surface area contributed by atoms with E-state index in [1.54, 1.807) is 17.0 Å². The largest absolute Gasteiger partial charge is 0.454 e. The molecule has 2 amide bonds. The Morgan fingerprint density at radius 3 is 2.67 bits per heavy atom. The van der Waals surface area contributed by atoms with Gasteiger partial charge in [-0.05, 0) is 41.8 Å². The van der Waals surface area contributed by atoms with Crippen LogP contribution in [0.5, 0.6) is 11.5 Å². The summed E-state index contributed by atoms with van der Waals surface area (Å²) >= 11 is 0. The summed E-state index contributed by atoms with van der Waals surface area (Å²) in [6.45, 7) is 0.833. The van der Waals surface area contributed by atoms with Gasteiger partial charge in [-0.25, -0.2) is 4.39 Å². The van der Waals surface area contributed by atoms with Crippen LogP contribution in [0.2, 0.25) is 0 Å². The number of amides is 2. The quantitative estimate of drug-likeness (QED) is 0.877. The molecule has 0 spiro atoms. The maximum absolute atomic E-state index is 13.1. The molecular weight excluding hydrogens is 351 g/mol. The zero-order valence-corrected chi connectivity index (χ0v) is 14.6. The Morgan fingerprint density at radius 1 is 1.11 bits per heavy atom. The maximum atomic E-state index is 13.1. The number of carbonyl (C=O) groups excluding carboxylic acids is 2. The average Bonchev–Trinajstić information content (AvgIpc) is 3.28. The van der Waals surface area contributed by atoms with E-state index in [2.05, 4.69) is 5.32 Å². The molecule has 0 aliphatic carbocycles. The monoisotopic (exact) mass is 370 g/mol. The molecule has 2 aromatic rings. The predicted octanol–water partition coefficient (Wildman–Crippen LogP) is 2.36. The Labute approximate surface area is 155 Å². The molecule has 0 saturated carbocycles. The molecule has 1 atom stereocenters. The third kappa shape index (κ3) is 3.72. The summed E-state index contributed by atoms with van der Waals surface area (Å²) in [6.07, 6.45) is 0.816. The van der Waals surface area contributed by atoms with Crippen LogP contribution in [-0.2, 0) is 22.7 Å². The van der Waals surface area contributed by atoms with Crippen LogP contribution >= 0.6 is 0 Å². The normalized spacial score (nSPS) is 18.0. The van der Waals surface area contributed by atoms with Crippen LogP contribution in [0.25, 0.3) is 0 Å². The molecule has 1 saturated heterocycles. The van der Waals surface area contributed by atoms with Gasteiger partial charge in [0.2, 0.25) is 18.6 Å². The van der Waals surface area contributed by atoms with Gasteiger partial charge in [0.05, 0.1) is 0 Å². The summed E-state index contributed by atoms with van der Waals surface area (Å²) in [5.74, 6) is 0.764. The SMILES string of the molecule is O=C(NCc1ccc2c(c1)OCO2)C1CCC(=O)N1Cc1ccc(F)cc1. The molecule has 2 heterocycles. The molecule has 1 fully saturated rings. The molecule has 2 aliphatic heterocycles. The lowest BCUT2D eigenvalue weighted by Gasteiger charge is -2.24. The van der Waals surface area contributed by atoms with Crippen LogP contribution in [0, 0.1) is 5.82 Å². The molecule has 0 radical (unpaired) electrons. The molecule has 1 N–H and O–H groups in total. The summed E-state index contributed by atoms with van der Waals surface area (Å²) in [6, 6.07) is 10.9. The Hall–Kier alpha value is -3.09. The number of benzene rings is 2. The maximum Gasteiger partial charge on any atom is 0.243 e. The minimum Gasteiger partial charge on any atom is -0.454 e. The van der Waals surface area contributed by atoms with Crippen molar-refractivity contribution in [3.05, 3.63) is 59.4 Å². The highest BCUT2D eigenvalue weighted by molar-refractivity contribution is 5.90. The summed E-state index contributed by atoms with van der Waals surface area (Å²) in [5, 5.41) is 2.89. The number of ether oxygens (including phenoxy) is 2. The van der Waals surface area contributed by atoms with E-state index < -0.39 is 6.04 Å². The smallest absolute Gasteiger partial charge is 0.243 e. The number of fused-ring (bicyclic) bond motifs is 1. The second-order valence-corrected chi connectivity index (χ2v) is 6.61. The highest BCUT2D eigenvalue weighted by Crippen LogP contribution is 2.32. The summed E-state index contributed by atoms with van der Waals surface area (Å²) in [4.78, 5) is 26.4. The van der Waals surface area contributed by atoms with E-state index in [0.717, 1.165) is 11.1 Å². The molecule has 27 heavy (non-hydrogen) atoms. The second-order valence-electron chi connectivity index (χ2n) is 6.61. The van der Waals surface area contributed by atoms with Gasteiger partial charge in [0.15, 0.2) is 11.5 Å². The van der Waals surface area contributed by atoms with Crippen molar-refractivity contribution in [3.63, 3.8) is 0 Å². The zero-order chi connectivity index (χ0) is 18.8. The van der Waals surface area contributed by atoms with Crippen LogP contribution in [0.4, 0.5) is 4.39 Å². The van der Waals surface area contributed by atoms with Crippen molar-refractivity contribution in [3.8, 4) is 11.5 Å². The molecule has 1 unspecified atom stereocenters. The topological polar surface area (TPSA) is 67.9 Å². The number of halogens is 1. The number of hydrogen-bond donors (Lipinski definition) is 1. The fourth-order valence-electron chi connectivity index (χ4n) is 3.35. The summed E-state index contributed by atoms with van der Waals surface area (Å²) in [5.41, 5.74) is 1.68. The Morgan fingerprint density at radius 2 is 1.85 bits per heavy atom. The molecule has 2 aromatic carbocycles. The van der Waals surface area contributed by atoms with Crippen molar-refractivity contribution >= 4 is 11.8 Å². The zero-order valence-electron chi connectivity index (χ0n) is 14.6. The Balaban J connectivity index is 1.39. The lowest BCUT2D eigenvalue weighted by atomic mass is 10.1. The molecule has 0 bridgehead atoms. The van der Waals surface area contributed by atoms with Crippen molar-refractivity contribution in [2.45, 2.75) is 32.0 Å². The number of carbonyl (C=O) groups is 2. The van der Waals surface area contributed by atoms with Crippen molar-refractivity contribution in [2.24, 2.45) is 0 Å². The van der Waals surface area contributed by atoms with Gasteiger partial charge in [-0.1, -0.05) is 18.2 Å². The lowest BCUT2D eigenvalue weighted by Crippen LogP contribution is -2.44. The van der Waals surface area contributed by atoms with E-state index in [0.29, 0.717) is 37.4 Å². The van der Waals surface area contributed by atoms with E-state index in [1.165, 1.54) is 12.1 Å². The molecule has 140 valence electrons. The Bertz CT molecular complexity index is 869. The van der Waals surface area contributed by atoms with Gasteiger partial charge in [0.25, 0.3) is 0 Å². The number of nitrogens with zero attached hydrogens (tertiary/aromatic N) is 1. The number of likely N-dealkylation sites (tertiary alicyclic amines) is 1. The first-order valence-corrected chi connectivity index (χ1v) is 8.80. The first-order chi connectivity index (χ1) is 13.1. The summed E-state index contributed by atoms with van der Waals surface area (Å²) < 4.78 is 23.7. The van der Waals surface area contributed by atoms with Gasteiger partial charge in [0.1, 0.15) is 11.9 Å². The first kappa shape index (κ1) is 17.3. The number of rotatable bonds is 5. The number of nitrogens with one attached hydrogen (secondary N) is 1. The van der Waals surface area contributed by atoms with E-state index in [1.807, 2.05) is 18.2 Å². The molecular formula is C20H19FN2O4. The predicted molar refractivity (Wildman–Crippen MR) is 94.4 cm³/mol. The van der Waals surface area contributed by atoms with Gasteiger partial charge >= 0.3 is 0 Å². The molecule has 7 heteroatoms. The fourth-order valence-corrected chi connectivity index (χ4v) is 3.35. The van der Waals surface area contributed by atoms with Crippen molar-refractivity contribution in [1.29, 1.82) is 0 Å². The fraction of sp³-hybridized carbons (Fsp3) is 0.300. The van der Waals surface area contributed by atoms with Crippen LogP contribution in [-0.4, -0.2) is 29.5 Å². The van der Waals surface area contributed by atoms with E-state index in [9.17, 15) is 14.0 Å². The highest BCUT2D eigenvalue weighted by atomic mass is 19.1. The molecule has 0 aromatic heterocycles. The first-order valence-electron chi connectivity index (χ1n) is 8.80. The van der Waals surface area contributed by atoms with Gasteiger partial charge in [-0.3, -0.25) is 9.59 Å². The van der Waals surface area contributed by atoms with E-state index in [4.69, 9.17) is 9.47 Å². The molecule has 4 rings (SSSR count). The van der Waals surface area contributed by atoms with Gasteiger partial charge in [-0.2, -0.15) is 0 Å². The summed E-state index contributed by atoms with van der Waals surface area (Å²) in [7, 11) is 0. The standard InChI is InChI=1S/C20H19FN2O4/c21-15-4-1-13(2-5-15)11-23-16(6-8-19(23)24)20(25)22-10-14-3-7-17-18(9-14)27-12-26-17/h1-5,7,9,16H,6,8,10-12H2,(H,22,25). The van der Waals surface area contributed by atoms with Crippen LogP contribution in [0.1, 0.15) is 24.0 Å². The van der Waals surface area contributed by atoms with Crippen LogP contribution < -0.4 is 14.8 Å². The van der Waals surface area contributed by atoms with Crippen molar-refractivity contribution in [2.75, 3.05) is 6.79 Å². The third-order valence-corrected chi connectivity index (χ3v) is 4.80. The minimum absolute atomic E-state index is 0.0671. The van der Waals surface area contributed by atoms with E-state index in [-0.39, 0.29) is 24.4 Å². The third-order valence-electron chi connectivity index (χ3n) is 4.80. The van der Waals surface area contributed by atoms with Gasteiger partial charge in [-0.15, -0.1) is 0 Å². The van der Waals surface area contributed by atoms with E-state index >= 15 is 0 Å². The van der Waals surface area contributed by atoms with Crippen LogP contribution in [0.3, 0.4) is 0 Å². The minimum atomic E-state index is -0.517. The van der Waals surface area contributed by atoms with Crippen molar-refractivity contribution in [1.82, 2.24) is 10.2 Å². The lowest BCUT2D eigenvalue weighted by molar-refractivity contribution is -0.135. The second kappa shape index (κ2) is 7.26. The van der Waals surface area contributed by atoms with Crippen molar-refractivity contribution < 1.29 is 23.5 Å². The average molecular weight is 370 g/mol. The Kier molecular flexibility index (Phi) is 4.66.